The van der Waals surface area contributed by atoms with Crippen molar-refractivity contribution >= 4 is 12.1 Å². The second-order valence-corrected chi connectivity index (χ2v) is 4.56. The van der Waals surface area contributed by atoms with E-state index in [1.54, 1.807) is 19.4 Å². The maximum atomic E-state index is 11.6. The Hall–Kier alpha value is -2.01. The molecule has 2 rings (SSSR count). The Kier molecular flexibility index (Phi) is 5.43. The first-order valence-electron chi connectivity index (χ1n) is 6.75. The molecule has 1 unspecified atom stereocenters. The number of para-hydroxylation sites is 1. The van der Waals surface area contributed by atoms with E-state index < -0.39 is 0 Å². The van der Waals surface area contributed by atoms with Crippen molar-refractivity contribution in [2.45, 2.75) is 18.9 Å². The molecule has 1 aromatic rings. The predicted molar refractivity (Wildman–Crippen MR) is 77.5 cm³/mol. The van der Waals surface area contributed by atoms with E-state index in [9.17, 15) is 4.79 Å². The molecule has 1 aromatic carbocycles. The number of carbonyl (C=O) groups excluding carboxylic acids is 1. The average molecular weight is 276 g/mol. The Morgan fingerprint density at radius 1 is 1.50 bits per heavy atom. The van der Waals surface area contributed by atoms with Crippen molar-refractivity contribution in [2.75, 3.05) is 20.3 Å². The number of benzene rings is 1. The van der Waals surface area contributed by atoms with Crippen molar-refractivity contribution in [2.24, 2.45) is 0 Å². The first kappa shape index (κ1) is 14.4. The average Bonchev–Trinajstić information content (AvgIpc) is 2.99. The summed E-state index contributed by atoms with van der Waals surface area (Å²) in [4.78, 5) is 11.6. The molecule has 1 aliphatic heterocycles. The lowest BCUT2D eigenvalue weighted by atomic mass is 10.2. The molecule has 5 nitrogen and oxygen atoms in total. The quantitative estimate of drug-likeness (QED) is 0.866. The molecule has 20 heavy (non-hydrogen) atoms. The lowest BCUT2D eigenvalue weighted by molar-refractivity contribution is 0.111. The van der Waals surface area contributed by atoms with Crippen molar-refractivity contribution in [1.82, 2.24) is 10.6 Å². The zero-order chi connectivity index (χ0) is 14.2. The number of methoxy groups -OCH3 is 1. The second-order valence-electron chi connectivity index (χ2n) is 4.56. The third kappa shape index (κ3) is 4.28. The fourth-order valence-corrected chi connectivity index (χ4v) is 2.07. The van der Waals surface area contributed by atoms with E-state index in [0.29, 0.717) is 6.54 Å². The van der Waals surface area contributed by atoms with Gasteiger partial charge < -0.3 is 20.1 Å². The fraction of sp³-hybridized carbons (Fsp3) is 0.400. The van der Waals surface area contributed by atoms with Crippen LogP contribution < -0.4 is 15.4 Å². The number of ether oxygens (including phenoxy) is 2. The van der Waals surface area contributed by atoms with Gasteiger partial charge in [0.1, 0.15) is 5.75 Å². The number of amides is 2. The van der Waals surface area contributed by atoms with Gasteiger partial charge in [-0.1, -0.05) is 18.2 Å². The third-order valence-electron chi connectivity index (χ3n) is 3.13. The van der Waals surface area contributed by atoms with Crippen molar-refractivity contribution in [3.05, 3.63) is 36.0 Å². The molecule has 1 heterocycles. The van der Waals surface area contributed by atoms with Gasteiger partial charge in [-0.3, -0.25) is 0 Å². The van der Waals surface area contributed by atoms with E-state index in [1.165, 1.54) is 0 Å². The molecule has 0 spiro atoms. The van der Waals surface area contributed by atoms with Gasteiger partial charge >= 0.3 is 6.03 Å². The summed E-state index contributed by atoms with van der Waals surface area (Å²) >= 11 is 0. The summed E-state index contributed by atoms with van der Waals surface area (Å²) in [7, 11) is 1.62. The van der Waals surface area contributed by atoms with Crippen molar-refractivity contribution in [3.63, 3.8) is 0 Å². The van der Waals surface area contributed by atoms with Gasteiger partial charge in [-0.05, 0) is 25.0 Å². The summed E-state index contributed by atoms with van der Waals surface area (Å²) in [5, 5.41) is 5.45. The van der Waals surface area contributed by atoms with E-state index in [2.05, 4.69) is 10.6 Å². The summed E-state index contributed by atoms with van der Waals surface area (Å²) in [5.41, 5.74) is 0.912. The number of urea groups is 1. The Labute approximate surface area is 119 Å². The van der Waals surface area contributed by atoms with Gasteiger partial charge in [-0.25, -0.2) is 4.79 Å². The Bertz CT molecular complexity index is 468. The molecule has 2 N–H and O–H groups in total. The molecule has 108 valence electrons. The van der Waals surface area contributed by atoms with E-state index >= 15 is 0 Å². The first-order valence-corrected chi connectivity index (χ1v) is 6.75. The molecule has 0 saturated carbocycles. The molecule has 0 radical (unpaired) electrons. The Balaban J connectivity index is 1.75. The van der Waals surface area contributed by atoms with Gasteiger partial charge in [-0.2, -0.15) is 0 Å². The highest BCUT2D eigenvalue weighted by Crippen LogP contribution is 2.18. The van der Waals surface area contributed by atoms with Crippen LogP contribution in [0.5, 0.6) is 5.75 Å². The van der Waals surface area contributed by atoms with Gasteiger partial charge in [0.25, 0.3) is 0 Å². The van der Waals surface area contributed by atoms with Crippen LogP contribution in [-0.4, -0.2) is 32.4 Å². The van der Waals surface area contributed by atoms with Crippen molar-refractivity contribution < 1.29 is 14.3 Å². The summed E-state index contributed by atoms with van der Waals surface area (Å²) in [6.07, 6.45) is 5.63. The number of carbonyl (C=O) groups is 1. The Morgan fingerprint density at radius 3 is 3.10 bits per heavy atom. The van der Waals surface area contributed by atoms with Crippen LogP contribution in [0.3, 0.4) is 0 Å². The maximum absolute atomic E-state index is 11.6. The Morgan fingerprint density at radius 2 is 2.35 bits per heavy atom. The molecule has 1 saturated heterocycles. The first-order chi connectivity index (χ1) is 9.79. The van der Waals surface area contributed by atoms with E-state index in [0.717, 1.165) is 30.8 Å². The van der Waals surface area contributed by atoms with E-state index in [4.69, 9.17) is 9.47 Å². The second kappa shape index (κ2) is 7.55. The molecule has 1 atom stereocenters. The van der Waals surface area contributed by atoms with Crippen LogP contribution in [0, 0.1) is 0 Å². The molecular formula is C15H20N2O3. The maximum Gasteiger partial charge on any atom is 0.318 e. The minimum atomic E-state index is -0.230. The molecular weight excluding hydrogens is 256 g/mol. The summed E-state index contributed by atoms with van der Waals surface area (Å²) in [5.74, 6) is 0.769. The minimum absolute atomic E-state index is 0.152. The van der Waals surface area contributed by atoms with Crippen LogP contribution in [0.2, 0.25) is 0 Å². The standard InChI is InChI=1S/C15H20N2O3/c1-19-14-7-3-2-5-12(14)8-9-16-15(18)17-11-13-6-4-10-20-13/h2-3,5,7-9,13H,4,6,10-11H2,1H3,(H2,16,17,18)/b9-8+. The van der Waals surface area contributed by atoms with Gasteiger partial charge in [0.05, 0.1) is 13.2 Å². The fourth-order valence-electron chi connectivity index (χ4n) is 2.07. The van der Waals surface area contributed by atoms with Crippen LogP contribution in [-0.2, 0) is 4.74 Å². The number of rotatable bonds is 5. The van der Waals surface area contributed by atoms with Crippen LogP contribution in [0.4, 0.5) is 4.79 Å². The smallest absolute Gasteiger partial charge is 0.318 e. The van der Waals surface area contributed by atoms with E-state index in [-0.39, 0.29) is 12.1 Å². The monoisotopic (exact) mass is 276 g/mol. The molecule has 1 aliphatic rings. The lowest BCUT2D eigenvalue weighted by Gasteiger charge is -2.10. The van der Waals surface area contributed by atoms with Gasteiger partial charge in [0.15, 0.2) is 0 Å². The molecule has 0 aliphatic carbocycles. The topological polar surface area (TPSA) is 59.6 Å². The molecule has 1 fully saturated rings. The van der Waals surface area contributed by atoms with Crippen LogP contribution in [0.15, 0.2) is 30.5 Å². The van der Waals surface area contributed by atoms with Gasteiger partial charge in [0, 0.05) is 24.9 Å². The molecule has 5 heteroatoms. The largest absolute Gasteiger partial charge is 0.496 e. The zero-order valence-corrected chi connectivity index (χ0v) is 11.6. The highest BCUT2D eigenvalue weighted by Gasteiger charge is 2.15. The molecule has 2 amide bonds. The number of hydrogen-bond donors (Lipinski definition) is 2. The van der Waals surface area contributed by atoms with Gasteiger partial charge in [-0.15, -0.1) is 0 Å². The number of nitrogens with one attached hydrogen (secondary N) is 2. The number of hydrogen-bond acceptors (Lipinski definition) is 3. The minimum Gasteiger partial charge on any atom is -0.496 e. The summed E-state index contributed by atoms with van der Waals surface area (Å²) in [6, 6.07) is 7.38. The summed E-state index contributed by atoms with van der Waals surface area (Å²) < 4.78 is 10.7. The lowest BCUT2D eigenvalue weighted by Crippen LogP contribution is -2.37. The van der Waals surface area contributed by atoms with E-state index in [1.807, 2.05) is 24.3 Å². The predicted octanol–water partition coefficient (Wildman–Crippen LogP) is 2.14. The van der Waals surface area contributed by atoms with Crippen molar-refractivity contribution in [1.29, 1.82) is 0 Å². The highest BCUT2D eigenvalue weighted by atomic mass is 16.5. The van der Waals surface area contributed by atoms with Crippen LogP contribution in [0.25, 0.3) is 6.08 Å². The van der Waals surface area contributed by atoms with Crippen LogP contribution >= 0.6 is 0 Å². The zero-order valence-electron chi connectivity index (χ0n) is 11.6. The molecule has 0 bridgehead atoms. The van der Waals surface area contributed by atoms with Crippen LogP contribution in [0.1, 0.15) is 18.4 Å². The van der Waals surface area contributed by atoms with Gasteiger partial charge in [0.2, 0.25) is 0 Å². The summed E-state index contributed by atoms with van der Waals surface area (Å²) in [6.45, 7) is 1.34. The highest BCUT2D eigenvalue weighted by molar-refractivity contribution is 5.76. The molecule has 0 aromatic heterocycles. The third-order valence-corrected chi connectivity index (χ3v) is 3.13. The van der Waals surface area contributed by atoms with Crippen molar-refractivity contribution in [3.8, 4) is 5.75 Å². The normalized spacial score (nSPS) is 18.1. The SMILES string of the molecule is COc1ccccc1/C=C/NC(=O)NCC1CCCO1.